The molecule has 4 nitrogen and oxygen atoms in total. The Morgan fingerprint density at radius 2 is 1.84 bits per heavy atom. The minimum Gasteiger partial charge on any atom is -0.463 e. The fourth-order valence-corrected chi connectivity index (χ4v) is 4.19. The van der Waals surface area contributed by atoms with Gasteiger partial charge in [-0.25, -0.2) is 4.79 Å². The Balaban J connectivity index is 3.86. The molecule has 0 spiro atoms. The third kappa shape index (κ3) is 8.18. The molecule has 0 rings (SSSR count). The van der Waals surface area contributed by atoms with E-state index in [1.54, 1.807) is 0 Å². The highest BCUT2D eigenvalue weighted by molar-refractivity contribution is 6.38. The lowest BCUT2D eigenvalue weighted by Gasteiger charge is -2.32. The van der Waals surface area contributed by atoms with Gasteiger partial charge in [0.05, 0.1) is 16.1 Å². The van der Waals surface area contributed by atoms with Gasteiger partial charge in [-0.2, -0.15) is 0 Å². The molecule has 0 aliphatic carbocycles. The summed E-state index contributed by atoms with van der Waals surface area (Å²) in [4.78, 5) is 10.8. The second kappa shape index (κ2) is 11.2. The smallest absolute Gasteiger partial charge is 0.330 e. The van der Waals surface area contributed by atoms with E-state index < -0.39 is 9.52 Å². The number of unbranched alkanes of at least 4 members (excludes halogenated alkanes) is 1. The van der Waals surface area contributed by atoms with E-state index in [-0.39, 0.29) is 11.4 Å². The largest absolute Gasteiger partial charge is 0.463 e. The van der Waals surface area contributed by atoms with E-state index in [0.29, 0.717) is 19.8 Å². The average Bonchev–Trinajstić information content (AvgIpc) is 2.42. The molecule has 0 N–H and O–H groups in total. The van der Waals surface area contributed by atoms with Gasteiger partial charge in [0.25, 0.3) is 0 Å². The molecular formula is C14H28O4Si. The zero-order valence-electron chi connectivity index (χ0n) is 12.6. The monoisotopic (exact) mass is 288 g/mol. The first kappa shape index (κ1) is 18.3. The first-order valence-corrected chi connectivity index (χ1v) is 8.91. The Hall–Kier alpha value is -0.653. The van der Waals surface area contributed by atoms with E-state index in [0.717, 1.165) is 25.3 Å². The molecule has 19 heavy (non-hydrogen) atoms. The fraction of sp³-hybridized carbons (Fsp3) is 0.786. The summed E-state index contributed by atoms with van der Waals surface area (Å²) < 4.78 is 16.6. The van der Waals surface area contributed by atoms with Crippen LogP contribution in [-0.2, 0) is 19.0 Å². The summed E-state index contributed by atoms with van der Waals surface area (Å²) >= 11 is 0. The van der Waals surface area contributed by atoms with Crippen LogP contribution in [-0.4, -0.2) is 40.7 Å². The number of carbonyl (C=O) groups is 1. The number of hydrogen-bond acceptors (Lipinski definition) is 4. The number of carbonyl (C=O) groups excluding carboxylic acids is 1. The lowest BCUT2D eigenvalue weighted by atomic mass is 10.3. The average molecular weight is 288 g/mol. The van der Waals surface area contributed by atoms with Crippen molar-refractivity contribution in [3.8, 4) is 0 Å². The van der Waals surface area contributed by atoms with Crippen molar-refractivity contribution >= 4 is 15.5 Å². The van der Waals surface area contributed by atoms with Gasteiger partial charge < -0.3 is 14.2 Å². The number of esters is 1. The maximum Gasteiger partial charge on any atom is 0.330 e. The van der Waals surface area contributed by atoms with Gasteiger partial charge in [0.1, 0.15) is 5.41 Å². The van der Waals surface area contributed by atoms with Crippen molar-refractivity contribution < 1.29 is 19.0 Å². The summed E-state index contributed by atoms with van der Waals surface area (Å²) in [7, 11) is -0.461. The van der Waals surface area contributed by atoms with Gasteiger partial charge in [0.2, 0.25) is 0 Å². The molecule has 0 heterocycles. The molecule has 0 saturated heterocycles. The van der Waals surface area contributed by atoms with Crippen LogP contribution in [0.25, 0.3) is 0 Å². The lowest BCUT2D eigenvalue weighted by molar-refractivity contribution is -0.177. The maximum atomic E-state index is 10.8. The Bertz CT molecular complexity index is 250. The topological polar surface area (TPSA) is 44.8 Å². The van der Waals surface area contributed by atoms with E-state index in [4.69, 9.17) is 14.2 Å². The molecule has 0 aliphatic heterocycles. The summed E-state index contributed by atoms with van der Waals surface area (Å²) in [6.45, 7) is 11.3. The van der Waals surface area contributed by atoms with Crippen molar-refractivity contribution in [2.75, 3.05) is 19.8 Å². The van der Waals surface area contributed by atoms with Gasteiger partial charge in [0.15, 0.2) is 0 Å². The highest BCUT2D eigenvalue weighted by Gasteiger charge is 2.28. The Labute approximate surface area is 119 Å². The zero-order chi connectivity index (χ0) is 14.6. The molecule has 0 radical (unpaired) electrons. The van der Waals surface area contributed by atoms with Gasteiger partial charge in [-0.1, -0.05) is 26.0 Å². The summed E-state index contributed by atoms with van der Waals surface area (Å²) in [6, 6.07) is 1.14. The molecule has 0 bridgehead atoms. The van der Waals surface area contributed by atoms with Crippen LogP contribution in [0.4, 0.5) is 0 Å². The van der Waals surface area contributed by atoms with Gasteiger partial charge in [-0.3, -0.25) is 0 Å². The lowest BCUT2D eigenvalue weighted by Crippen LogP contribution is -2.41. The molecule has 0 unspecified atom stereocenters. The highest BCUT2D eigenvalue weighted by atomic mass is 28.2. The van der Waals surface area contributed by atoms with Crippen LogP contribution >= 0.6 is 0 Å². The molecule has 112 valence electrons. The standard InChI is InChI=1S/C14H28O4Si/c1-5-13(15)16-11-9-10-12-19-14(6-2,17-7-3)18-8-4/h5H,1,6-12,19H2,2-4H3. The van der Waals surface area contributed by atoms with Crippen molar-refractivity contribution in [3.63, 3.8) is 0 Å². The molecule has 0 atom stereocenters. The van der Waals surface area contributed by atoms with Crippen LogP contribution in [0.5, 0.6) is 0 Å². The predicted octanol–water partition coefficient (Wildman–Crippen LogP) is 2.22. The quantitative estimate of drug-likeness (QED) is 0.182. The summed E-state index contributed by atoms with van der Waals surface area (Å²) in [5, 5.41) is 0. The number of rotatable bonds is 12. The van der Waals surface area contributed by atoms with Gasteiger partial charge in [-0.15, -0.1) is 0 Å². The molecule has 0 fully saturated rings. The SMILES string of the molecule is C=CC(=O)OCCCC[SiH2]C(CC)(OCC)OCC. The molecular weight excluding hydrogens is 260 g/mol. The molecule has 0 aromatic heterocycles. The van der Waals surface area contributed by atoms with Crippen LogP contribution < -0.4 is 0 Å². The van der Waals surface area contributed by atoms with Crippen LogP contribution in [0, 0.1) is 0 Å². The Kier molecular flexibility index (Phi) is 10.8. The van der Waals surface area contributed by atoms with Gasteiger partial charge in [0, 0.05) is 19.3 Å². The van der Waals surface area contributed by atoms with E-state index in [1.165, 1.54) is 6.08 Å². The van der Waals surface area contributed by atoms with Crippen LogP contribution in [0.2, 0.25) is 6.04 Å². The fourth-order valence-electron chi connectivity index (χ4n) is 2.00. The first-order chi connectivity index (χ1) is 9.14. The first-order valence-electron chi connectivity index (χ1n) is 7.21. The predicted molar refractivity (Wildman–Crippen MR) is 80.0 cm³/mol. The summed E-state index contributed by atoms with van der Waals surface area (Å²) in [5.74, 6) is -0.344. The van der Waals surface area contributed by atoms with Crippen molar-refractivity contribution in [2.45, 2.75) is 51.5 Å². The number of hydrogen-bond donors (Lipinski definition) is 0. The van der Waals surface area contributed by atoms with Crippen LogP contribution in [0.1, 0.15) is 40.0 Å². The molecule has 5 heteroatoms. The van der Waals surface area contributed by atoms with Crippen LogP contribution in [0.15, 0.2) is 12.7 Å². The van der Waals surface area contributed by atoms with Crippen LogP contribution in [0.3, 0.4) is 0 Å². The highest BCUT2D eigenvalue weighted by Crippen LogP contribution is 2.19. The normalized spacial score (nSPS) is 11.9. The van der Waals surface area contributed by atoms with E-state index in [2.05, 4.69) is 13.5 Å². The molecule has 0 aromatic rings. The summed E-state index contributed by atoms with van der Waals surface area (Å²) in [5.41, 5.74) is -0.304. The maximum absolute atomic E-state index is 10.8. The molecule has 0 amide bonds. The molecule has 0 aromatic carbocycles. The second-order valence-corrected chi connectivity index (χ2v) is 6.60. The Morgan fingerprint density at radius 1 is 1.21 bits per heavy atom. The minimum atomic E-state index is -0.461. The van der Waals surface area contributed by atoms with E-state index in [9.17, 15) is 4.79 Å². The van der Waals surface area contributed by atoms with Crippen molar-refractivity contribution in [1.29, 1.82) is 0 Å². The van der Waals surface area contributed by atoms with Crippen molar-refractivity contribution in [3.05, 3.63) is 12.7 Å². The third-order valence-electron chi connectivity index (χ3n) is 2.97. The number of ether oxygens (including phenoxy) is 3. The van der Waals surface area contributed by atoms with E-state index in [1.807, 2.05) is 13.8 Å². The second-order valence-electron chi connectivity index (χ2n) is 4.31. The summed E-state index contributed by atoms with van der Waals surface area (Å²) in [6.07, 6.45) is 4.05. The van der Waals surface area contributed by atoms with Gasteiger partial charge >= 0.3 is 5.97 Å². The minimum absolute atomic E-state index is 0.304. The third-order valence-corrected chi connectivity index (χ3v) is 5.49. The Morgan fingerprint density at radius 3 is 2.32 bits per heavy atom. The molecule has 0 saturated carbocycles. The molecule has 0 aliphatic rings. The van der Waals surface area contributed by atoms with Gasteiger partial charge in [-0.05, 0) is 26.7 Å². The zero-order valence-corrected chi connectivity index (χ0v) is 14.0. The van der Waals surface area contributed by atoms with Crippen molar-refractivity contribution in [1.82, 2.24) is 0 Å². The van der Waals surface area contributed by atoms with Crippen molar-refractivity contribution in [2.24, 2.45) is 0 Å². The van der Waals surface area contributed by atoms with E-state index >= 15 is 0 Å².